The van der Waals surface area contributed by atoms with Crippen molar-refractivity contribution >= 4 is 35.2 Å². The number of aromatic nitrogens is 6. The van der Waals surface area contributed by atoms with Gasteiger partial charge >= 0.3 is 0 Å². The van der Waals surface area contributed by atoms with Crippen LogP contribution in [-0.2, 0) is 0 Å². The van der Waals surface area contributed by atoms with Gasteiger partial charge in [-0.05, 0) is 55.7 Å². The van der Waals surface area contributed by atoms with Crippen LogP contribution in [0.2, 0.25) is 0 Å². The zero-order chi connectivity index (χ0) is 26.7. The summed E-state index contributed by atoms with van der Waals surface area (Å²) < 4.78 is 3.84. The van der Waals surface area contributed by atoms with Crippen LogP contribution in [-0.4, -0.2) is 35.0 Å². The molecule has 0 amide bonds. The first-order valence-electron chi connectivity index (χ1n) is 12.2. The van der Waals surface area contributed by atoms with E-state index in [2.05, 4.69) is 64.4 Å². The molecule has 3 aromatic rings. The van der Waals surface area contributed by atoms with Gasteiger partial charge in [0.15, 0.2) is 16.2 Å². The second kappa shape index (κ2) is 10.6. The van der Waals surface area contributed by atoms with Crippen LogP contribution in [0, 0.1) is 10.1 Å². The SMILES string of the molecule is CC(C=CC1=C(C)C(n2ccnc2)CCC1(C)C)=CC=CC(C)=CC(=O)n1cnc2c(=S)nc(N)[nH]c21. The van der Waals surface area contributed by atoms with Gasteiger partial charge in [-0.3, -0.25) is 9.36 Å². The number of aromatic amines is 1. The van der Waals surface area contributed by atoms with Gasteiger partial charge in [-0.25, -0.2) is 15.0 Å². The molecule has 192 valence electrons. The van der Waals surface area contributed by atoms with Crippen LogP contribution >= 0.6 is 12.2 Å². The Balaban J connectivity index is 1.48. The van der Waals surface area contributed by atoms with Crippen molar-refractivity contribution < 1.29 is 4.79 Å². The molecule has 0 spiro atoms. The second-order valence-corrected chi connectivity index (χ2v) is 10.5. The van der Waals surface area contributed by atoms with Crippen LogP contribution < -0.4 is 5.73 Å². The van der Waals surface area contributed by atoms with Crippen molar-refractivity contribution in [3.8, 4) is 0 Å². The number of nitrogens with two attached hydrogens (primary N) is 1. The Morgan fingerprint density at radius 1 is 1.24 bits per heavy atom. The van der Waals surface area contributed by atoms with Crippen LogP contribution in [0.4, 0.5) is 5.95 Å². The lowest BCUT2D eigenvalue weighted by atomic mass is 9.71. The van der Waals surface area contributed by atoms with Gasteiger partial charge in [-0.2, -0.15) is 0 Å². The number of nitrogen functional groups attached to an aromatic ring is 1. The molecule has 8 nitrogen and oxygen atoms in total. The summed E-state index contributed by atoms with van der Waals surface area (Å²) >= 11 is 5.17. The molecule has 1 aliphatic carbocycles. The normalized spacial score (nSPS) is 19.0. The lowest BCUT2D eigenvalue weighted by molar-refractivity contribution is 0.0972. The molecule has 9 heteroatoms. The van der Waals surface area contributed by atoms with Crippen molar-refractivity contribution in [2.45, 2.75) is 53.5 Å². The minimum Gasteiger partial charge on any atom is -0.369 e. The Hall–Kier alpha value is -3.85. The molecule has 4 rings (SSSR count). The van der Waals surface area contributed by atoms with E-state index < -0.39 is 0 Å². The predicted molar refractivity (Wildman–Crippen MR) is 151 cm³/mol. The quantitative estimate of drug-likeness (QED) is 0.227. The Bertz CT molecular complexity index is 1530. The molecule has 0 saturated carbocycles. The number of carbonyl (C=O) groups excluding carboxylic acids is 1. The average molecular weight is 516 g/mol. The van der Waals surface area contributed by atoms with Gasteiger partial charge in [0.05, 0.1) is 12.4 Å². The fourth-order valence-corrected chi connectivity index (χ4v) is 5.03. The molecule has 0 aromatic carbocycles. The molecule has 3 aromatic heterocycles. The molecule has 1 atom stereocenters. The van der Waals surface area contributed by atoms with Gasteiger partial charge in [-0.1, -0.05) is 62.0 Å². The minimum atomic E-state index is -0.254. The van der Waals surface area contributed by atoms with Crippen molar-refractivity contribution in [3.05, 3.63) is 88.4 Å². The number of rotatable bonds is 6. The second-order valence-electron chi connectivity index (χ2n) is 10.1. The maximum absolute atomic E-state index is 12.8. The maximum Gasteiger partial charge on any atom is 0.257 e. The fourth-order valence-electron chi connectivity index (χ4n) is 4.78. The van der Waals surface area contributed by atoms with E-state index in [0.29, 0.717) is 17.2 Å². The Labute approximate surface area is 222 Å². The van der Waals surface area contributed by atoms with Crippen LogP contribution in [0.3, 0.4) is 0 Å². The van der Waals surface area contributed by atoms with Gasteiger partial charge in [0.2, 0.25) is 0 Å². The maximum atomic E-state index is 12.8. The Morgan fingerprint density at radius 2 is 2.03 bits per heavy atom. The number of H-pyrrole nitrogens is 1. The number of nitrogens with zero attached hydrogens (tertiary/aromatic N) is 5. The van der Waals surface area contributed by atoms with Gasteiger partial charge in [0, 0.05) is 18.5 Å². The largest absolute Gasteiger partial charge is 0.369 e. The molecule has 0 bridgehead atoms. The first-order valence-corrected chi connectivity index (χ1v) is 12.6. The van der Waals surface area contributed by atoms with Crippen molar-refractivity contribution in [2.24, 2.45) is 5.41 Å². The number of carbonyl (C=O) groups is 1. The topological polar surface area (TPSA) is 107 Å². The van der Waals surface area contributed by atoms with E-state index in [9.17, 15) is 4.79 Å². The predicted octanol–water partition coefficient (Wildman–Crippen LogP) is 6.29. The van der Waals surface area contributed by atoms with Gasteiger partial charge < -0.3 is 15.3 Å². The average Bonchev–Trinajstić information content (AvgIpc) is 3.49. The fraction of sp³-hybridized carbons (Fsp3) is 0.321. The summed E-state index contributed by atoms with van der Waals surface area (Å²) in [5.41, 5.74) is 11.4. The molecule has 1 unspecified atom stereocenters. The van der Waals surface area contributed by atoms with Crippen LogP contribution in [0.5, 0.6) is 0 Å². The number of imidazole rings is 2. The van der Waals surface area contributed by atoms with E-state index in [-0.39, 0.29) is 21.9 Å². The first kappa shape index (κ1) is 26.2. The van der Waals surface area contributed by atoms with E-state index in [0.717, 1.165) is 24.0 Å². The lowest BCUT2D eigenvalue weighted by Crippen LogP contribution is -2.25. The van der Waals surface area contributed by atoms with Crippen LogP contribution in [0.15, 0.2) is 83.8 Å². The third-order valence-corrected chi connectivity index (χ3v) is 7.12. The summed E-state index contributed by atoms with van der Waals surface area (Å²) in [4.78, 5) is 28.0. The summed E-state index contributed by atoms with van der Waals surface area (Å²) in [6.45, 7) is 10.8. The first-order chi connectivity index (χ1) is 17.6. The zero-order valence-corrected chi connectivity index (χ0v) is 22.7. The molecular weight excluding hydrogens is 482 g/mol. The summed E-state index contributed by atoms with van der Waals surface area (Å²) in [6.07, 6.45) is 21.3. The van der Waals surface area contributed by atoms with Gasteiger partial charge in [0.1, 0.15) is 11.8 Å². The summed E-state index contributed by atoms with van der Waals surface area (Å²) in [6, 6.07) is 0.347. The zero-order valence-electron chi connectivity index (χ0n) is 21.9. The number of anilines is 1. The van der Waals surface area contributed by atoms with E-state index in [1.54, 1.807) is 6.08 Å². The van der Waals surface area contributed by atoms with Crippen molar-refractivity contribution in [2.75, 3.05) is 5.73 Å². The molecule has 37 heavy (non-hydrogen) atoms. The number of fused-ring (bicyclic) bond motifs is 1. The monoisotopic (exact) mass is 515 g/mol. The van der Waals surface area contributed by atoms with Crippen LogP contribution in [0.1, 0.15) is 58.3 Å². The molecule has 0 radical (unpaired) electrons. The highest BCUT2D eigenvalue weighted by atomic mass is 32.1. The molecule has 0 aliphatic heterocycles. The van der Waals surface area contributed by atoms with E-state index in [1.807, 2.05) is 43.9 Å². The molecular formula is C28H33N7OS. The Kier molecular flexibility index (Phi) is 7.54. The van der Waals surface area contributed by atoms with Crippen molar-refractivity contribution in [1.82, 2.24) is 29.1 Å². The summed E-state index contributed by atoms with van der Waals surface area (Å²) in [5, 5.41) is 0. The number of nitrogens with one attached hydrogen (secondary N) is 1. The van der Waals surface area contributed by atoms with Crippen molar-refractivity contribution in [3.63, 3.8) is 0 Å². The number of hydrogen-bond donors (Lipinski definition) is 2. The summed E-state index contributed by atoms with van der Waals surface area (Å²) in [5.74, 6) is -0.114. The third kappa shape index (κ3) is 5.77. The van der Waals surface area contributed by atoms with Gasteiger partial charge in [0.25, 0.3) is 5.91 Å². The standard InChI is InChI=1S/C28H33N7OS/c1-18(9-10-21-20(3)22(11-12-28(21,4)5)34-14-13-30-16-34)7-6-8-19(2)15-23(36)35-17-31-24-25(35)32-27(29)33-26(24)37/h6-10,13-17,22H,11-12H2,1-5H3,(H3,29,32,33,37). The minimum absolute atomic E-state index is 0.120. The molecule has 1 aliphatic rings. The highest BCUT2D eigenvalue weighted by Crippen LogP contribution is 2.45. The molecule has 0 saturated heterocycles. The molecule has 0 fully saturated rings. The van der Waals surface area contributed by atoms with Crippen LogP contribution in [0.25, 0.3) is 11.2 Å². The van der Waals surface area contributed by atoms with E-state index in [4.69, 9.17) is 18.0 Å². The smallest absolute Gasteiger partial charge is 0.257 e. The molecule has 3 N–H and O–H groups in total. The lowest BCUT2D eigenvalue weighted by Gasteiger charge is -2.37. The van der Waals surface area contributed by atoms with Gasteiger partial charge in [-0.15, -0.1) is 0 Å². The third-order valence-electron chi connectivity index (χ3n) is 6.84. The number of hydrogen-bond acceptors (Lipinski definition) is 6. The van der Waals surface area contributed by atoms with E-state index >= 15 is 0 Å². The Morgan fingerprint density at radius 3 is 2.76 bits per heavy atom. The van der Waals surface area contributed by atoms with E-state index in [1.165, 1.54) is 22.0 Å². The van der Waals surface area contributed by atoms with Crippen molar-refractivity contribution in [1.29, 1.82) is 0 Å². The highest BCUT2D eigenvalue weighted by Gasteiger charge is 2.32. The highest BCUT2D eigenvalue weighted by molar-refractivity contribution is 7.71. The summed E-state index contributed by atoms with van der Waals surface area (Å²) in [7, 11) is 0. The molecule has 3 heterocycles. The number of allylic oxidation sites excluding steroid dienone is 10.